The van der Waals surface area contributed by atoms with E-state index in [1.54, 1.807) is 0 Å². The summed E-state index contributed by atoms with van der Waals surface area (Å²) >= 11 is 3.52. The van der Waals surface area contributed by atoms with Crippen molar-refractivity contribution in [3.63, 3.8) is 0 Å². The average Bonchev–Trinajstić information content (AvgIpc) is 2.86. The molecular weight excluding hydrogens is 284 g/mol. The summed E-state index contributed by atoms with van der Waals surface area (Å²) in [7, 11) is 0. The van der Waals surface area contributed by atoms with Crippen LogP contribution in [0.15, 0.2) is 6.20 Å². The van der Waals surface area contributed by atoms with Gasteiger partial charge in [0.25, 0.3) is 5.91 Å². The third-order valence-corrected chi connectivity index (χ3v) is 4.59. The molecule has 0 aliphatic heterocycles. The van der Waals surface area contributed by atoms with E-state index < -0.39 is 0 Å². The summed E-state index contributed by atoms with van der Waals surface area (Å²) in [5, 5.41) is 13.8. The molecule has 2 N–H and O–H groups in total. The lowest BCUT2D eigenvalue weighted by Gasteiger charge is -2.38. The zero-order chi connectivity index (χ0) is 12.3. The molecule has 5 nitrogen and oxygen atoms in total. The Labute approximate surface area is 109 Å². The van der Waals surface area contributed by atoms with Crippen LogP contribution < -0.4 is 5.32 Å². The second kappa shape index (κ2) is 5.16. The third kappa shape index (κ3) is 2.86. The van der Waals surface area contributed by atoms with E-state index >= 15 is 0 Å². The molecule has 1 aliphatic rings. The van der Waals surface area contributed by atoms with Crippen LogP contribution >= 0.6 is 15.9 Å². The average molecular weight is 301 g/mol. The Morgan fingerprint density at radius 3 is 2.88 bits per heavy atom. The van der Waals surface area contributed by atoms with Gasteiger partial charge in [0.05, 0.1) is 11.7 Å². The van der Waals surface area contributed by atoms with Crippen LogP contribution in [0, 0.1) is 5.92 Å². The number of nitrogens with one attached hydrogen (secondary N) is 2. The Morgan fingerprint density at radius 2 is 2.35 bits per heavy atom. The summed E-state index contributed by atoms with van der Waals surface area (Å²) in [6.07, 6.45) is 5.80. The molecule has 0 atom stereocenters. The number of nitrogens with zero attached hydrogens (tertiary/aromatic N) is 2. The maximum atomic E-state index is 12.0. The van der Waals surface area contributed by atoms with Gasteiger partial charge in [-0.05, 0) is 31.6 Å². The second-order valence-electron chi connectivity index (χ2n) is 4.91. The van der Waals surface area contributed by atoms with Crippen molar-refractivity contribution in [3.8, 4) is 0 Å². The SMILES string of the molecule is CC1CCC(CBr)(NC(=O)c2cn[nH]n2)CC1. The fourth-order valence-corrected chi connectivity index (χ4v) is 2.92. The lowest BCUT2D eigenvalue weighted by molar-refractivity contribution is 0.0869. The van der Waals surface area contributed by atoms with E-state index in [9.17, 15) is 4.79 Å². The molecule has 0 aromatic carbocycles. The lowest BCUT2D eigenvalue weighted by Crippen LogP contribution is -2.52. The van der Waals surface area contributed by atoms with Gasteiger partial charge in [0, 0.05) is 5.33 Å². The largest absolute Gasteiger partial charge is 0.344 e. The van der Waals surface area contributed by atoms with Gasteiger partial charge < -0.3 is 5.32 Å². The predicted molar refractivity (Wildman–Crippen MR) is 68.0 cm³/mol. The number of carbonyl (C=O) groups excluding carboxylic acids is 1. The van der Waals surface area contributed by atoms with Crippen LogP contribution in [0.5, 0.6) is 0 Å². The maximum absolute atomic E-state index is 12.0. The van der Waals surface area contributed by atoms with Gasteiger partial charge in [-0.15, -0.1) is 0 Å². The molecule has 0 unspecified atom stereocenters. The first-order valence-electron chi connectivity index (χ1n) is 5.89. The third-order valence-electron chi connectivity index (χ3n) is 3.51. The Bertz CT molecular complexity index is 371. The summed E-state index contributed by atoms with van der Waals surface area (Å²) in [5.41, 5.74) is 0.228. The number of amides is 1. The normalized spacial score (nSPS) is 28.9. The minimum Gasteiger partial charge on any atom is -0.344 e. The topological polar surface area (TPSA) is 70.7 Å². The summed E-state index contributed by atoms with van der Waals surface area (Å²) < 4.78 is 0. The van der Waals surface area contributed by atoms with Crippen LogP contribution in [0.4, 0.5) is 0 Å². The molecule has 1 aromatic heterocycles. The molecule has 1 amide bonds. The van der Waals surface area contributed by atoms with Gasteiger partial charge in [-0.25, -0.2) is 0 Å². The highest BCUT2D eigenvalue weighted by Gasteiger charge is 2.35. The van der Waals surface area contributed by atoms with E-state index in [1.807, 2.05) is 0 Å². The van der Waals surface area contributed by atoms with Crippen molar-refractivity contribution in [2.24, 2.45) is 5.92 Å². The molecule has 17 heavy (non-hydrogen) atoms. The van der Waals surface area contributed by atoms with E-state index in [0.29, 0.717) is 5.69 Å². The first kappa shape index (κ1) is 12.5. The molecule has 0 saturated heterocycles. The maximum Gasteiger partial charge on any atom is 0.273 e. The van der Waals surface area contributed by atoms with Crippen molar-refractivity contribution in [3.05, 3.63) is 11.9 Å². The Morgan fingerprint density at radius 1 is 1.65 bits per heavy atom. The minimum atomic E-state index is -0.146. The number of alkyl halides is 1. The number of aromatic nitrogens is 3. The van der Waals surface area contributed by atoms with E-state index in [0.717, 1.165) is 36.9 Å². The van der Waals surface area contributed by atoms with Gasteiger partial charge in [-0.1, -0.05) is 22.9 Å². The molecular formula is C11H17BrN4O. The fraction of sp³-hybridized carbons (Fsp3) is 0.727. The van der Waals surface area contributed by atoms with Crippen LogP contribution in [0.25, 0.3) is 0 Å². The summed E-state index contributed by atoms with van der Waals surface area (Å²) in [4.78, 5) is 12.0. The van der Waals surface area contributed by atoms with Gasteiger partial charge in [-0.2, -0.15) is 15.4 Å². The molecule has 1 saturated carbocycles. The van der Waals surface area contributed by atoms with Gasteiger partial charge in [0.15, 0.2) is 5.69 Å². The molecule has 1 heterocycles. The molecule has 0 radical (unpaired) electrons. The highest BCUT2D eigenvalue weighted by atomic mass is 79.9. The van der Waals surface area contributed by atoms with Crippen molar-refractivity contribution in [2.45, 2.75) is 38.1 Å². The Kier molecular flexibility index (Phi) is 3.81. The van der Waals surface area contributed by atoms with Crippen molar-refractivity contribution in [1.82, 2.24) is 20.7 Å². The standard InChI is InChI=1S/C11H17BrN4O/c1-8-2-4-11(7-12,5-3-8)14-10(17)9-6-13-16-15-9/h6,8H,2-5,7H2,1H3,(H,14,17)(H,13,15,16). The second-order valence-corrected chi connectivity index (χ2v) is 5.47. The molecule has 0 bridgehead atoms. The van der Waals surface area contributed by atoms with E-state index in [-0.39, 0.29) is 11.4 Å². The molecule has 0 spiro atoms. The molecule has 1 aromatic rings. The minimum absolute atomic E-state index is 0.122. The molecule has 94 valence electrons. The van der Waals surface area contributed by atoms with Crippen LogP contribution in [0.3, 0.4) is 0 Å². The number of carbonyl (C=O) groups is 1. The Hall–Kier alpha value is -0.910. The first-order chi connectivity index (χ1) is 8.15. The van der Waals surface area contributed by atoms with Gasteiger partial charge in [0.2, 0.25) is 0 Å². The highest BCUT2D eigenvalue weighted by Crippen LogP contribution is 2.33. The van der Waals surface area contributed by atoms with E-state index in [1.165, 1.54) is 6.20 Å². The highest BCUT2D eigenvalue weighted by molar-refractivity contribution is 9.09. The number of H-pyrrole nitrogens is 1. The number of rotatable bonds is 3. The summed E-state index contributed by atoms with van der Waals surface area (Å²) in [6, 6.07) is 0. The van der Waals surface area contributed by atoms with Crippen LogP contribution in [0.1, 0.15) is 43.1 Å². The summed E-state index contributed by atoms with van der Waals surface area (Å²) in [6.45, 7) is 2.26. The first-order valence-corrected chi connectivity index (χ1v) is 7.02. The van der Waals surface area contributed by atoms with Crippen LogP contribution in [-0.2, 0) is 0 Å². The number of hydrogen-bond acceptors (Lipinski definition) is 3. The smallest absolute Gasteiger partial charge is 0.273 e. The fourth-order valence-electron chi connectivity index (χ4n) is 2.22. The number of halogens is 1. The van der Waals surface area contributed by atoms with Crippen LogP contribution in [-0.4, -0.2) is 32.2 Å². The van der Waals surface area contributed by atoms with Crippen molar-refractivity contribution >= 4 is 21.8 Å². The summed E-state index contributed by atoms with van der Waals surface area (Å²) in [5.74, 6) is 0.610. The molecule has 2 rings (SSSR count). The van der Waals surface area contributed by atoms with Crippen molar-refractivity contribution in [1.29, 1.82) is 0 Å². The van der Waals surface area contributed by atoms with Crippen molar-refractivity contribution in [2.75, 3.05) is 5.33 Å². The van der Waals surface area contributed by atoms with Crippen LogP contribution in [0.2, 0.25) is 0 Å². The monoisotopic (exact) mass is 300 g/mol. The van der Waals surface area contributed by atoms with Gasteiger partial charge in [0.1, 0.15) is 0 Å². The van der Waals surface area contributed by atoms with Crippen molar-refractivity contribution < 1.29 is 4.79 Å². The van der Waals surface area contributed by atoms with E-state index in [2.05, 4.69) is 43.6 Å². The zero-order valence-corrected chi connectivity index (χ0v) is 11.5. The predicted octanol–water partition coefficient (Wildman–Crippen LogP) is 1.88. The molecule has 1 aliphatic carbocycles. The number of hydrogen-bond donors (Lipinski definition) is 2. The molecule has 6 heteroatoms. The Balaban J connectivity index is 2.02. The number of aromatic amines is 1. The van der Waals surface area contributed by atoms with E-state index in [4.69, 9.17) is 0 Å². The lowest BCUT2D eigenvalue weighted by atomic mass is 9.78. The van der Waals surface area contributed by atoms with Gasteiger partial charge >= 0.3 is 0 Å². The van der Waals surface area contributed by atoms with Gasteiger partial charge in [-0.3, -0.25) is 4.79 Å². The molecule has 1 fully saturated rings. The zero-order valence-electron chi connectivity index (χ0n) is 9.87. The quantitative estimate of drug-likeness (QED) is 0.837.